The normalized spacial score (nSPS) is 19.4. The van der Waals surface area contributed by atoms with Crippen LogP contribution in [0, 0.1) is 18.3 Å². The second kappa shape index (κ2) is 6.60. The average molecular weight is 363 g/mol. The number of nitrogens with one attached hydrogen (secondary N) is 2. The summed E-state index contributed by atoms with van der Waals surface area (Å²) < 4.78 is 0. The predicted molar refractivity (Wildman–Crippen MR) is 105 cm³/mol. The zero-order chi connectivity index (χ0) is 18.1. The van der Waals surface area contributed by atoms with Crippen LogP contribution in [0.1, 0.15) is 23.1 Å². The van der Waals surface area contributed by atoms with E-state index in [1.165, 1.54) is 5.56 Å². The van der Waals surface area contributed by atoms with E-state index in [4.69, 9.17) is 16.9 Å². The summed E-state index contributed by atoms with van der Waals surface area (Å²) in [5.41, 5.74) is 4.60. The maximum atomic E-state index is 9.03. The third-order valence-corrected chi connectivity index (χ3v) is 5.54. The fourth-order valence-electron chi connectivity index (χ4n) is 3.76. The van der Waals surface area contributed by atoms with Crippen LogP contribution in [0.3, 0.4) is 0 Å². The zero-order valence-electron chi connectivity index (χ0n) is 14.5. The number of nitriles is 1. The molecule has 1 fully saturated rings. The molecule has 5 heteroatoms. The quantitative estimate of drug-likeness (QED) is 0.726. The van der Waals surface area contributed by atoms with Crippen LogP contribution in [0.4, 0.5) is 5.69 Å². The van der Waals surface area contributed by atoms with Gasteiger partial charge in [0.25, 0.3) is 0 Å². The monoisotopic (exact) mass is 362 g/mol. The first kappa shape index (κ1) is 16.8. The summed E-state index contributed by atoms with van der Waals surface area (Å²) in [4.78, 5) is 4.42. The Labute approximate surface area is 157 Å². The Morgan fingerprint density at radius 1 is 1.27 bits per heavy atom. The van der Waals surface area contributed by atoms with Gasteiger partial charge in [-0.15, -0.1) is 0 Å². The molecule has 1 aliphatic heterocycles. The number of aromatic nitrogens is 1. The first-order valence-corrected chi connectivity index (χ1v) is 9.03. The molecule has 2 aromatic carbocycles. The second-order valence-corrected chi connectivity index (χ2v) is 7.20. The molecule has 26 heavy (non-hydrogen) atoms. The molecule has 1 atom stereocenters. The summed E-state index contributed by atoms with van der Waals surface area (Å²) in [7, 11) is 0. The molecule has 0 bridgehead atoms. The minimum Gasteiger partial charge on any atom is -0.374 e. The Hall–Kier alpha value is -2.61. The van der Waals surface area contributed by atoms with E-state index >= 15 is 0 Å². The highest BCUT2D eigenvalue weighted by Crippen LogP contribution is 2.36. The highest BCUT2D eigenvalue weighted by atomic mass is 35.5. The van der Waals surface area contributed by atoms with Crippen LogP contribution in [-0.2, 0) is 5.54 Å². The van der Waals surface area contributed by atoms with Gasteiger partial charge in [-0.25, -0.2) is 0 Å². The van der Waals surface area contributed by atoms with Crippen LogP contribution in [0.2, 0.25) is 5.02 Å². The number of nitrogens with zero attached hydrogens (tertiary/aromatic N) is 2. The van der Waals surface area contributed by atoms with Crippen LogP contribution in [0.15, 0.2) is 48.7 Å². The lowest BCUT2D eigenvalue weighted by atomic mass is 9.85. The van der Waals surface area contributed by atoms with Crippen LogP contribution >= 0.6 is 11.6 Å². The van der Waals surface area contributed by atoms with Crippen LogP contribution < -0.4 is 10.6 Å². The van der Waals surface area contributed by atoms with E-state index in [0.29, 0.717) is 5.56 Å². The van der Waals surface area contributed by atoms with E-state index in [-0.39, 0.29) is 5.54 Å². The van der Waals surface area contributed by atoms with Crippen molar-refractivity contribution in [3.8, 4) is 6.07 Å². The Balaban J connectivity index is 1.74. The summed E-state index contributed by atoms with van der Waals surface area (Å²) in [6.45, 7) is 3.87. The highest BCUT2D eigenvalue weighted by Gasteiger charge is 2.37. The van der Waals surface area contributed by atoms with Gasteiger partial charge in [0.1, 0.15) is 6.07 Å². The molecule has 1 aromatic heterocycles. The van der Waals surface area contributed by atoms with E-state index in [1.54, 1.807) is 6.20 Å². The van der Waals surface area contributed by atoms with E-state index in [9.17, 15) is 0 Å². The lowest BCUT2D eigenvalue weighted by Gasteiger charge is -2.33. The molecule has 0 radical (unpaired) electrons. The number of pyridine rings is 1. The van der Waals surface area contributed by atoms with Crippen molar-refractivity contribution in [3.05, 3.63) is 70.4 Å². The summed E-state index contributed by atoms with van der Waals surface area (Å²) in [6.07, 6.45) is 2.59. The Bertz CT molecular complexity index is 1020. The Morgan fingerprint density at radius 2 is 2.15 bits per heavy atom. The van der Waals surface area contributed by atoms with Crippen molar-refractivity contribution in [1.29, 1.82) is 5.26 Å². The van der Waals surface area contributed by atoms with Gasteiger partial charge < -0.3 is 10.6 Å². The first-order valence-electron chi connectivity index (χ1n) is 8.66. The van der Waals surface area contributed by atoms with E-state index in [2.05, 4.69) is 34.7 Å². The van der Waals surface area contributed by atoms with Crippen LogP contribution in [0.25, 0.3) is 10.9 Å². The lowest BCUT2D eigenvalue weighted by molar-refractivity contribution is 0.539. The van der Waals surface area contributed by atoms with E-state index < -0.39 is 0 Å². The Morgan fingerprint density at radius 3 is 2.92 bits per heavy atom. The minimum atomic E-state index is -0.199. The molecule has 0 unspecified atom stereocenters. The molecule has 1 aliphatic rings. The minimum absolute atomic E-state index is 0.199. The van der Waals surface area contributed by atoms with Crippen molar-refractivity contribution < 1.29 is 0 Å². The number of rotatable bonds is 3. The van der Waals surface area contributed by atoms with Gasteiger partial charge in [-0.3, -0.25) is 4.98 Å². The first-order chi connectivity index (χ1) is 12.6. The molecule has 4 nitrogen and oxygen atoms in total. The van der Waals surface area contributed by atoms with Gasteiger partial charge in [0.15, 0.2) is 0 Å². The summed E-state index contributed by atoms with van der Waals surface area (Å²) in [6, 6.07) is 16.2. The molecule has 4 rings (SSSR count). The molecule has 2 N–H and O–H groups in total. The molecule has 0 aliphatic carbocycles. The molecule has 3 aromatic rings. The SMILES string of the molecule is Cc1c(Cl)cccc1[C@@]1(Nc2ccc3cc(C#N)cnc3c2)CCNC1. The summed E-state index contributed by atoms with van der Waals surface area (Å²) in [5.74, 6) is 0. The predicted octanol–water partition coefficient (Wildman–Crippen LogP) is 4.37. The third kappa shape index (κ3) is 2.90. The van der Waals surface area contributed by atoms with E-state index in [1.807, 2.05) is 36.4 Å². The molecular weight excluding hydrogens is 344 g/mol. The molecule has 1 saturated heterocycles. The number of hydrogen-bond acceptors (Lipinski definition) is 4. The summed E-state index contributed by atoms with van der Waals surface area (Å²) >= 11 is 6.38. The smallest absolute Gasteiger partial charge is 0.101 e. The van der Waals surface area contributed by atoms with Gasteiger partial charge in [-0.05, 0) is 55.3 Å². The fraction of sp³-hybridized carbons (Fsp3) is 0.238. The maximum Gasteiger partial charge on any atom is 0.101 e. The van der Waals surface area contributed by atoms with Crippen LogP contribution in [0.5, 0.6) is 0 Å². The molecule has 2 heterocycles. The van der Waals surface area contributed by atoms with Crippen molar-refractivity contribution >= 4 is 28.2 Å². The number of fused-ring (bicyclic) bond motifs is 1. The largest absolute Gasteiger partial charge is 0.374 e. The van der Waals surface area contributed by atoms with Crippen molar-refractivity contribution in [2.45, 2.75) is 18.9 Å². The highest BCUT2D eigenvalue weighted by molar-refractivity contribution is 6.31. The van der Waals surface area contributed by atoms with Crippen molar-refractivity contribution in [2.24, 2.45) is 0 Å². The van der Waals surface area contributed by atoms with Gasteiger partial charge >= 0.3 is 0 Å². The average Bonchev–Trinajstić information content (AvgIpc) is 3.13. The second-order valence-electron chi connectivity index (χ2n) is 6.79. The fourth-order valence-corrected chi connectivity index (χ4v) is 3.93. The van der Waals surface area contributed by atoms with Gasteiger partial charge in [0, 0.05) is 28.8 Å². The Kier molecular flexibility index (Phi) is 4.28. The number of anilines is 1. The third-order valence-electron chi connectivity index (χ3n) is 5.14. The molecule has 130 valence electrons. The topological polar surface area (TPSA) is 60.7 Å². The van der Waals surface area contributed by atoms with E-state index in [0.717, 1.165) is 46.7 Å². The van der Waals surface area contributed by atoms with Crippen LogP contribution in [-0.4, -0.2) is 18.1 Å². The zero-order valence-corrected chi connectivity index (χ0v) is 15.3. The van der Waals surface area contributed by atoms with Crippen molar-refractivity contribution in [1.82, 2.24) is 10.3 Å². The number of hydrogen-bond donors (Lipinski definition) is 2. The molecule has 0 amide bonds. The van der Waals surface area contributed by atoms with Gasteiger partial charge in [-0.2, -0.15) is 5.26 Å². The summed E-state index contributed by atoms with van der Waals surface area (Å²) in [5, 5.41) is 18.0. The van der Waals surface area contributed by atoms with Crippen molar-refractivity contribution in [2.75, 3.05) is 18.4 Å². The molecule has 0 saturated carbocycles. The number of benzene rings is 2. The molecular formula is C21H19ClN4. The lowest BCUT2D eigenvalue weighted by Crippen LogP contribution is -2.38. The maximum absolute atomic E-state index is 9.03. The van der Waals surface area contributed by atoms with Gasteiger partial charge in [0.05, 0.1) is 16.6 Å². The molecule has 0 spiro atoms. The standard InChI is InChI=1S/C21H19ClN4/c1-14-18(3-2-4-19(14)22)21(7-8-24-13-21)26-17-6-5-16-9-15(11-23)12-25-20(16)10-17/h2-6,9-10,12,24,26H,7-8,13H2,1H3/t21-/m1/s1. The van der Waals surface area contributed by atoms with Gasteiger partial charge in [0.2, 0.25) is 0 Å². The number of halogens is 1. The van der Waals surface area contributed by atoms with Gasteiger partial charge in [-0.1, -0.05) is 29.8 Å². The van der Waals surface area contributed by atoms with Crippen molar-refractivity contribution in [3.63, 3.8) is 0 Å².